The van der Waals surface area contributed by atoms with Crippen molar-refractivity contribution in [2.45, 2.75) is 32.9 Å². The number of aromatic nitrogens is 4. The number of carbonyl (C=O) groups is 1. The van der Waals surface area contributed by atoms with Gasteiger partial charge in [-0.15, -0.1) is 5.10 Å². The first-order valence-electron chi connectivity index (χ1n) is 8.08. The Morgan fingerprint density at radius 3 is 2.96 bits per heavy atom. The minimum atomic E-state index is -0.270. The third kappa shape index (κ3) is 6.60. The van der Waals surface area contributed by atoms with Gasteiger partial charge < -0.3 is 16.1 Å². The second-order valence-corrected chi connectivity index (χ2v) is 5.69. The van der Waals surface area contributed by atoms with Crippen LogP contribution in [0.3, 0.4) is 0 Å². The first-order valence-corrected chi connectivity index (χ1v) is 8.08. The fraction of sp³-hybridized carbons (Fsp3) is 0.375. The van der Waals surface area contributed by atoms with E-state index < -0.39 is 0 Å². The van der Waals surface area contributed by atoms with Crippen LogP contribution in [-0.2, 0) is 13.1 Å². The molecule has 2 aromatic rings. The third-order valence-electron chi connectivity index (χ3n) is 3.35. The summed E-state index contributed by atoms with van der Waals surface area (Å²) in [5, 5.41) is 12.2. The average Bonchev–Trinajstić information content (AvgIpc) is 3.06. The molecule has 2 heterocycles. The highest BCUT2D eigenvalue weighted by molar-refractivity contribution is 5.91. The molecule has 0 unspecified atom stereocenters. The lowest BCUT2D eigenvalue weighted by atomic mass is 10.3. The predicted octanol–water partition coefficient (Wildman–Crippen LogP) is 0.379. The summed E-state index contributed by atoms with van der Waals surface area (Å²) in [5.41, 5.74) is 7.30. The summed E-state index contributed by atoms with van der Waals surface area (Å²) in [4.78, 5) is 16.2. The lowest BCUT2D eigenvalue weighted by Crippen LogP contribution is -2.27. The number of allylic oxidation sites excluding steroid dienone is 1. The first-order chi connectivity index (χ1) is 12.0. The van der Waals surface area contributed by atoms with E-state index in [0.717, 1.165) is 18.5 Å². The van der Waals surface area contributed by atoms with Crippen LogP contribution >= 0.6 is 0 Å². The standard InChI is InChI=1S/C16H24N8O/c1-13(17)11-23(18)8-4-5-9-24-12-15(21-22-24)16(25)20-10-14-6-2-3-7-19-14/h2-3,6-7,11-12H,4-5,8-10,17-18H2,1H3,(H,20,25)/b13-11-. The molecule has 0 aliphatic rings. The van der Waals surface area contributed by atoms with Gasteiger partial charge in [-0.05, 0) is 31.9 Å². The molecule has 2 aromatic heterocycles. The van der Waals surface area contributed by atoms with Gasteiger partial charge >= 0.3 is 0 Å². The van der Waals surface area contributed by atoms with Gasteiger partial charge in [0.15, 0.2) is 5.69 Å². The fourth-order valence-corrected chi connectivity index (χ4v) is 2.17. The highest BCUT2D eigenvalue weighted by atomic mass is 16.2. The Balaban J connectivity index is 1.72. The molecule has 0 fully saturated rings. The number of nitrogens with two attached hydrogens (primary N) is 2. The number of pyridine rings is 1. The van der Waals surface area contributed by atoms with Gasteiger partial charge in [0.1, 0.15) is 0 Å². The Morgan fingerprint density at radius 1 is 1.40 bits per heavy atom. The van der Waals surface area contributed by atoms with Gasteiger partial charge in [-0.1, -0.05) is 11.3 Å². The van der Waals surface area contributed by atoms with E-state index in [2.05, 4.69) is 20.6 Å². The van der Waals surface area contributed by atoms with Crippen molar-refractivity contribution in [2.75, 3.05) is 6.54 Å². The van der Waals surface area contributed by atoms with E-state index in [0.29, 0.717) is 25.3 Å². The maximum atomic E-state index is 12.1. The molecule has 5 N–H and O–H groups in total. The molecule has 0 saturated carbocycles. The molecule has 0 atom stereocenters. The maximum Gasteiger partial charge on any atom is 0.273 e. The van der Waals surface area contributed by atoms with E-state index >= 15 is 0 Å². The molecular weight excluding hydrogens is 320 g/mol. The number of amides is 1. The zero-order chi connectivity index (χ0) is 18.1. The van der Waals surface area contributed by atoms with E-state index in [4.69, 9.17) is 11.6 Å². The van der Waals surface area contributed by atoms with Crippen molar-refractivity contribution >= 4 is 5.91 Å². The van der Waals surface area contributed by atoms with Gasteiger partial charge in [-0.2, -0.15) is 0 Å². The molecule has 0 aliphatic heterocycles. The van der Waals surface area contributed by atoms with E-state index in [1.165, 1.54) is 0 Å². The summed E-state index contributed by atoms with van der Waals surface area (Å²) in [7, 11) is 0. The van der Waals surface area contributed by atoms with Crippen LogP contribution in [-0.4, -0.2) is 37.4 Å². The minimum Gasteiger partial charge on any atom is -0.401 e. The summed E-state index contributed by atoms with van der Waals surface area (Å²) in [6, 6.07) is 5.55. The van der Waals surface area contributed by atoms with Crippen LogP contribution in [0.1, 0.15) is 35.9 Å². The van der Waals surface area contributed by atoms with E-state index in [9.17, 15) is 4.79 Å². The molecule has 0 bridgehead atoms. The lowest BCUT2D eigenvalue weighted by Gasteiger charge is -2.13. The summed E-state index contributed by atoms with van der Waals surface area (Å²) in [6.45, 7) is 3.50. The van der Waals surface area contributed by atoms with Crippen molar-refractivity contribution in [3.63, 3.8) is 0 Å². The molecule has 25 heavy (non-hydrogen) atoms. The van der Waals surface area contributed by atoms with Crippen molar-refractivity contribution in [1.82, 2.24) is 30.3 Å². The zero-order valence-electron chi connectivity index (χ0n) is 14.3. The molecule has 2 rings (SSSR count). The van der Waals surface area contributed by atoms with E-state index in [-0.39, 0.29) is 11.6 Å². The van der Waals surface area contributed by atoms with Crippen LogP contribution in [0.25, 0.3) is 0 Å². The second kappa shape index (κ2) is 9.38. The number of hydrogen-bond donors (Lipinski definition) is 3. The van der Waals surface area contributed by atoms with Gasteiger partial charge in [0.05, 0.1) is 18.4 Å². The van der Waals surface area contributed by atoms with E-state index in [1.54, 1.807) is 35.2 Å². The number of nitrogens with zero attached hydrogens (tertiary/aromatic N) is 5. The molecular formula is C16H24N8O. The molecule has 0 aliphatic carbocycles. The fourth-order valence-electron chi connectivity index (χ4n) is 2.17. The van der Waals surface area contributed by atoms with Crippen molar-refractivity contribution in [3.8, 4) is 0 Å². The molecule has 1 amide bonds. The predicted molar refractivity (Wildman–Crippen MR) is 93.5 cm³/mol. The molecule has 0 aromatic carbocycles. The zero-order valence-corrected chi connectivity index (χ0v) is 14.3. The third-order valence-corrected chi connectivity index (χ3v) is 3.35. The van der Waals surface area contributed by atoms with Crippen LogP contribution in [0.2, 0.25) is 0 Å². The first kappa shape index (κ1) is 18.4. The highest BCUT2D eigenvalue weighted by Crippen LogP contribution is 2.00. The SMILES string of the molecule is C/C(N)=C/N(N)CCCCn1cc(C(=O)NCc2ccccn2)nn1. The quantitative estimate of drug-likeness (QED) is 0.341. The van der Waals surface area contributed by atoms with E-state index in [1.807, 2.05) is 18.2 Å². The number of carbonyl (C=O) groups excluding carboxylic acids is 1. The van der Waals surface area contributed by atoms with Gasteiger partial charge in [0, 0.05) is 31.2 Å². The van der Waals surface area contributed by atoms with Crippen LogP contribution in [0, 0.1) is 0 Å². The van der Waals surface area contributed by atoms with Gasteiger partial charge in [-0.25, -0.2) is 5.84 Å². The van der Waals surface area contributed by atoms with Crippen molar-refractivity contribution in [1.29, 1.82) is 0 Å². The van der Waals surface area contributed by atoms with Crippen molar-refractivity contribution in [2.24, 2.45) is 11.6 Å². The summed E-state index contributed by atoms with van der Waals surface area (Å²) in [5.74, 6) is 5.49. The number of unbranched alkanes of at least 4 members (excludes halogenated alkanes) is 1. The molecule has 9 nitrogen and oxygen atoms in total. The maximum absolute atomic E-state index is 12.1. The Morgan fingerprint density at radius 2 is 2.24 bits per heavy atom. The highest BCUT2D eigenvalue weighted by Gasteiger charge is 2.10. The normalized spacial score (nSPS) is 11.4. The topological polar surface area (TPSA) is 128 Å². The van der Waals surface area contributed by atoms with Crippen LogP contribution in [0.15, 0.2) is 42.5 Å². The Labute approximate surface area is 146 Å². The lowest BCUT2D eigenvalue weighted by molar-refractivity contribution is 0.0945. The van der Waals surface area contributed by atoms with Gasteiger partial charge in [-0.3, -0.25) is 14.5 Å². The average molecular weight is 344 g/mol. The molecule has 0 spiro atoms. The number of nitrogens with one attached hydrogen (secondary N) is 1. The number of rotatable bonds is 9. The Bertz CT molecular complexity index is 693. The second-order valence-electron chi connectivity index (χ2n) is 5.69. The largest absolute Gasteiger partial charge is 0.401 e. The van der Waals surface area contributed by atoms with Crippen molar-refractivity contribution in [3.05, 3.63) is 53.9 Å². The van der Waals surface area contributed by atoms with Gasteiger partial charge in [0.2, 0.25) is 0 Å². The number of hydrogen-bond acceptors (Lipinski definition) is 7. The molecule has 9 heteroatoms. The summed E-state index contributed by atoms with van der Waals surface area (Å²) < 4.78 is 1.65. The Kier molecular flexibility index (Phi) is 6.90. The summed E-state index contributed by atoms with van der Waals surface area (Å²) >= 11 is 0. The summed E-state index contributed by atoms with van der Waals surface area (Å²) in [6.07, 6.45) is 6.76. The monoisotopic (exact) mass is 344 g/mol. The van der Waals surface area contributed by atoms with Crippen LogP contribution < -0.4 is 16.9 Å². The molecule has 0 saturated heterocycles. The number of aryl methyl sites for hydroxylation is 1. The van der Waals surface area contributed by atoms with Gasteiger partial charge in [0.25, 0.3) is 5.91 Å². The number of hydrazine groups is 1. The van der Waals surface area contributed by atoms with Crippen molar-refractivity contribution < 1.29 is 4.79 Å². The van der Waals surface area contributed by atoms with Crippen LogP contribution in [0.4, 0.5) is 0 Å². The smallest absolute Gasteiger partial charge is 0.273 e. The Hall–Kier alpha value is -2.94. The minimum absolute atomic E-state index is 0.270. The van der Waals surface area contributed by atoms with Crippen LogP contribution in [0.5, 0.6) is 0 Å². The molecule has 134 valence electrons. The molecule has 0 radical (unpaired) electrons.